The van der Waals surface area contributed by atoms with Gasteiger partial charge < -0.3 is 14.8 Å². The average Bonchev–Trinajstić information content (AvgIpc) is 2.46. The van der Waals surface area contributed by atoms with Crippen molar-refractivity contribution >= 4 is 0 Å². The molecule has 0 amide bonds. The number of hydrogen-bond donors (Lipinski definition) is 1. The third kappa shape index (κ3) is 2.86. The van der Waals surface area contributed by atoms with Crippen molar-refractivity contribution in [3.05, 3.63) is 23.8 Å². The van der Waals surface area contributed by atoms with Gasteiger partial charge in [-0.1, -0.05) is 31.9 Å². The molecule has 1 fully saturated rings. The highest BCUT2D eigenvalue weighted by Gasteiger charge is 2.22. The molecule has 19 heavy (non-hydrogen) atoms. The van der Waals surface area contributed by atoms with Crippen molar-refractivity contribution in [3.8, 4) is 11.5 Å². The number of ether oxygens (including phenoxy) is 2. The first-order chi connectivity index (χ1) is 9.34. The maximum absolute atomic E-state index is 5.76. The molecule has 1 aliphatic heterocycles. The lowest BCUT2D eigenvalue weighted by Crippen LogP contribution is -2.36. The highest BCUT2D eigenvalue weighted by molar-refractivity contribution is 5.47. The van der Waals surface area contributed by atoms with Gasteiger partial charge >= 0.3 is 0 Å². The summed E-state index contributed by atoms with van der Waals surface area (Å²) in [6.07, 6.45) is 5.39. The van der Waals surface area contributed by atoms with Gasteiger partial charge in [-0.25, -0.2) is 0 Å². The van der Waals surface area contributed by atoms with Crippen LogP contribution in [0, 0.1) is 5.92 Å². The van der Waals surface area contributed by atoms with Crippen molar-refractivity contribution < 1.29 is 9.47 Å². The van der Waals surface area contributed by atoms with E-state index in [1.807, 2.05) is 6.07 Å². The lowest BCUT2D eigenvalue weighted by molar-refractivity contribution is 0.169. The maximum Gasteiger partial charge on any atom is 0.165 e. The summed E-state index contributed by atoms with van der Waals surface area (Å²) >= 11 is 0. The van der Waals surface area contributed by atoms with E-state index in [4.69, 9.17) is 9.47 Å². The fraction of sp³-hybridized carbons (Fsp3) is 0.625. The first-order valence-electron chi connectivity index (χ1n) is 7.45. The molecule has 1 N–H and O–H groups in total. The molecular weight excluding hydrogens is 238 g/mol. The molecule has 1 aliphatic carbocycles. The normalized spacial score (nSPS) is 26.2. The molecule has 0 radical (unpaired) electrons. The molecule has 2 atom stereocenters. The predicted molar refractivity (Wildman–Crippen MR) is 75.7 cm³/mol. The molecule has 0 spiro atoms. The molecule has 1 saturated carbocycles. The van der Waals surface area contributed by atoms with Crippen LogP contribution in [0.5, 0.6) is 11.5 Å². The van der Waals surface area contributed by atoms with E-state index in [0.717, 1.165) is 24.0 Å². The molecule has 2 aliphatic rings. The average molecular weight is 261 g/mol. The number of nitrogens with one attached hydrogen (secondary N) is 1. The van der Waals surface area contributed by atoms with Gasteiger partial charge in [-0.05, 0) is 24.8 Å². The Morgan fingerprint density at radius 2 is 2.00 bits per heavy atom. The first-order valence-corrected chi connectivity index (χ1v) is 7.45. The Kier molecular flexibility index (Phi) is 3.92. The largest absolute Gasteiger partial charge is 0.486 e. The smallest absolute Gasteiger partial charge is 0.165 e. The minimum absolute atomic E-state index is 0.647. The highest BCUT2D eigenvalue weighted by atomic mass is 16.6. The molecule has 3 nitrogen and oxygen atoms in total. The summed E-state index contributed by atoms with van der Waals surface area (Å²) < 4.78 is 11.4. The van der Waals surface area contributed by atoms with Crippen molar-refractivity contribution in [1.82, 2.24) is 5.32 Å². The quantitative estimate of drug-likeness (QED) is 0.906. The summed E-state index contributed by atoms with van der Waals surface area (Å²) in [6.45, 7) is 4.55. The zero-order valence-corrected chi connectivity index (χ0v) is 11.7. The SMILES string of the molecule is CC1CCCCC1NCc1cccc2c1OCCO2. The van der Waals surface area contributed by atoms with Gasteiger partial charge in [0.05, 0.1) is 0 Å². The van der Waals surface area contributed by atoms with Crippen molar-refractivity contribution in [2.24, 2.45) is 5.92 Å². The molecule has 3 heteroatoms. The second-order valence-electron chi connectivity index (χ2n) is 5.69. The van der Waals surface area contributed by atoms with Crippen LogP contribution in [-0.2, 0) is 6.54 Å². The summed E-state index contributed by atoms with van der Waals surface area (Å²) in [7, 11) is 0. The van der Waals surface area contributed by atoms with Crippen LogP contribution in [0.1, 0.15) is 38.2 Å². The van der Waals surface area contributed by atoms with E-state index in [9.17, 15) is 0 Å². The Bertz CT molecular complexity index is 433. The van der Waals surface area contributed by atoms with Gasteiger partial charge in [0.2, 0.25) is 0 Å². The molecule has 3 rings (SSSR count). The Morgan fingerprint density at radius 1 is 1.16 bits per heavy atom. The molecular formula is C16H23NO2. The van der Waals surface area contributed by atoms with Gasteiger partial charge in [0.1, 0.15) is 13.2 Å². The monoisotopic (exact) mass is 261 g/mol. The molecule has 2 unspecified atom stereocenters. The number of rotatable bonds is 3. The van der Waals surface area contributed by atoms with Crippen LogP contribution in [0.3, 0.4) is 0 Å². The second kappa shape index (κ2) is 5.83. The van der Waals surface area contributed by atoms with Crippen LogP contribution in [-0.4, -0.2) is 19.3 Å². The minimum Gasteiger partial charge on any atom is -0.486 e. The lowest BCUT2D eigenvalue weighted by Gasteiger charge is -2.30. The zero-order chi connectivity index (χ0) is 13.1. The maximum atomic E-state index is 5.76. The predicted octanol–water partition coefficient (Wildman–Crippen LogP) is 3.13. The van der Waals surface area contributed by atoms with Crippen LogP contribution < -0.4 is 14.8 Å². The van der Waals surface area contributed by atoms with Gasteiger partial charge in [-0.15, -0.1) is 0 Å². The van der Waals surface area contributed by atoms with Gasteiger partial charge in [0, 0.05) is 18.2 Å². The number of para-hydroxylation sites is 1. The van der Waals surface area contributed by atoms with Crippen LogP contribution in [0.15, 0.2) is 18.2 Å². The van der Waals surface area contributed by atoms with Gasteiger partial charge in [-0.2, -0.15) is 0 Å². The number of hydrogen-bond acceptors (Lipinski definition) is 3. The number of benzene rings is 1. The van der Waals surface area contributed by atoms with E-state index >= 15 is 0 Å². The summed E-state index contributed by atoms with van der Waals surface area (Å²) in [5.74, 6) is 2.61. The van der Waals surface area contributed by atoms with E-state index in [1.54, 1.807) is 0 Å². The zero-order valence-electron chi connectivity index (χ0n) is 11.7. The van der Waals surface area contributed by atoms with Crippen LogP contribution in [0.25, 0.3) is 0 Å². The summed E-state index contributed by atoms with van der Waals surface area (Å²) in [5, 5.41) is 3.70. The summed E-state index contributed by atoms with van der Waals surface area (Å²) in [5.41, 5.74) is 1.22. The van der Waals surface area contributed by atoms with Gasteiger partial charge in [0.15, 0.2) is 11.5 Å². The van der Waals surface area contributed by atoms with E-state index in [1.165, 1.54) is 31.2 Å². The van der Waals surface area contributed by atoms with Crippen LogP contribution in [0.2, 0.25) is 0 Å². The van der Waals surface area contributed by atoms with E-state index in [2.05, 4.69) is 24.4 Å². The minimum atomic E-state index is 0.647. The number of fused-ring (bicyclic) bond motifs is 1. The van der Waals surface area contributed by atoms with E-state index < -0.39 is 0 Å². The summed E-state index contributed by atoms with van der Waals surface area (Å²) in [4.78, 5) is 0. The third-order valence-electron chi connectivity index (χ3n) is 4.31. The first kappa shape index (κ1) is 12.8. The van der Waals surface area contributed by atoms with E-state index in [0.29, 0.717) is 19.3 Å². The Balaban J connectivity index is 1.66. The van der Waals surface area contributed by atoms with Crippen molar-refractivity contribution in [3.63, 3.8) is 0 Å². The van der Waals surface area contributed by atoms with Crippen molar-refractivity contribution in [2.75, 3.05) is 13.2 Å². The Hall–Kier alpha value is -1.22. The molecule has 104 valence electrons. The summed E-state index contributed by atoms with van der Waals surface area (Å²) in [6, 6.07) is 6.82. The lowest BCUT2D eigenvalue weighted by atomic mass is 9.86. The van der Waals surface area contributed by atoms with Crippen LogP contribution in [0.4, 0.5) is 0 Å². The van der Waals surface area contributed by atoms with Gasteiger partial charge in [-0.3, -0.25) is 0 Å². The third-order valence-corrected chi connectivity index (χ3v) is 4.31. The van der Waals surface area contributed by atoms with E-state index in [-0.39, 0.29) is 0 Å². The molecule has 0 bridgehead atoms. The molecule has 0 aromatic heterocycles. The highest BCUT2D eigenvalue weighted by Crippen LogP contribution is 2.34. The fourth-order valence-corrected chi connectivity index (χ4v) is 3.13. The molecule has 1 aromatic rings. The molecule has 0 saturated heterocycles. The fourth-order valence-electron chi connectivity index (χ4n) is 3.13. The van der Waals surface area contributed by atoms with Gasteiger partial charge in [0.25, 0.3) is 0 Å². The second-order valence-corrected chi connectivity index (χ2v) is 5.69. The van der Waals surface area contributed by atoms with Crippen LogP contribution >= 0.6 is 0 Å². The van der Waals surface area contributed by atoms with Crippen molar-refractivity contribution in [2.45, 2.75) is 45.2 Å². The standard InChI is InChI=1S/C16H23NO2/c1-12-5-2-3-7-14(12)17-11-13-6-4-8-15-16(13)19-10-9-18-15/h4,6,8,12,14,17H,2-3,5,7,9-11H2,1H3. The van der Waals surface area contributed by atoms with Crippen molar-refractivity contribution in [1.29, 1.82) is 0 Å². The Labute approximate surface area is 115 Å². The molecule has 1 aromatic carbocycles. The molecule has 1 heterocycles. The topological polar surface area (TPSA) is 30.5 Å². The Morgan fingerprint density at radius 3 is 2.89 bits per heavy atom.